The van der Waals surface area contributed by atoms with Gasteiger partial charge < -0.3 is 0 Å². The second-order valence-corrected chi connectivity index (χ2v) is 5.59. The zero-order chi connectivity index (χ0) is 19.4. The monoisotopic (exact) mass is 522 g/mol. The molecule has 0 saturated heterocycles. The minimum Gasteiger partial charge on any atom is -0.0683 e. The van der Waals surface area contributed by atoms with Gasteiger partial charge in [0.25, 0.3) is 0 Å². The zero-order valence-electron chi connectivity index (χ0n) is 18.2. The van der Waals surface area contributed by atoms with Gasteiger partial charge in [-0.2, -0.15) is 0 Å². The van der Waals surface area contributed by atoms with E-state index in [4.69, 9.17) is 0 Å². The molecule has 0 bridgehead atoms. The van der Waals surface area contributed by atoms with Crippen molar-refractivity contribution < 1.29 is 65.4 Å². The van der Waals surface area contributed by atoms with Gasteiger partial charge in [-0.3, -0.25) is 0 Å². The maximum absolute atomic E-state index is 2.16. The third-order valence-electron chi connectivity index (χ3n) is 4.02. The van der Waals surface area contributed by atoms with E-state index in [2.05, 4.69) is 98.8 Å². The second-order valence-electron chi connectivity index (χ2n) is 5.59. The summed E-state index contributed by atoms with van der Waals surface area (Å²) >= 11 is 0. The Kier molecular flexibility index (Phi) is 18.6. The quantitative estimate of drug-likeness (QED) is 0.218. The molecule has 0 nitrogen and oxygen atoms in total. The Hall–Kier alpha value is -0.392. The molecule has 4 aromatic rings. The first kappa shape index (κ1) is 29.8. The number of hydrogen-bond acceptors (Lipinski definition) is 0. The van der Waals surface area contributed by atoms with Crippen LogP contribution in [0.15, 0.2) is 84.9 Å². The number of fused-ring (bicyclic) bond motifs is 2. The fourth-order valence-electron chi connectivity index (χ4n) is 2.77. The van der Waals surface area contributed by atoms with Crippen LogP contribution in [0.2, 0.25) is 0 Å². The third kappa shape index (κ3) is 8.96. The summed E-state index contributed by atoms with van der Waals surface area (Å²) in [6.07, 6.45) is 0. The largest absolute Gasteiger partial charge is 0.0683 e. The van der Waals surface area contributed by atoms with Crippen molar-refractivity contribution in [3.63, 3.8) is 0 Å². The topological polar surface area (TPSA) is 0 Å². The summed E-state index contributed by atoms with van der Waals surface area (Å²) in [5.74, 6) is 0. The molecule has 4 aromatic carbocycles. The summed E-state index contributed by atoms with van der Waals surface area (Å²) in [4.78, 5) is 0. The molecule has 0 aliphatic carbocycles. The smallest absolute Gasteiger partial charge is 0 e. The summed E-state index contributed by atoms with van der Waals surface area (Å²) < 4.78 is 0. The molecular weight excluding hydrogens is 490 g/mol. The van der Waals surface area contributed by atoms with Gasteiger partial charge in [-0.05, 0) is 46.5 Å². The summed E-state index contributed by atoms with van der Waals surface area (Å²) in [5, 5.41) is 5.37. The fraction of sp³-hybridized carbons (Fsp3) is 0.231. The van der Waals surface area contributed by atoms with Gasteiger partial charge in [0.1, 0.15) is 0 Å². The zero-order valence-corrected chi connectivity index (χ0v) is 23.9. The molecule has 4 rings (SSSR count). The molecule has 0 aromatic heterocycles. The molecule has 142 valence electrons. The second kappa shape index (κ2) is 17.5. The Labute approximate surface area is 222 Å². The van der Waals surface area contributed by atoms with E-state index in [1.54, 1.807) is 0 Å². The predicted octanol–water partition coefficient (Wildman–Crippen LogP) is 8.34. The van der Waals surface area contributed by atoms with E-state index in [1.807, 2.05) is 27.7 Å². The van der Waals surface area contributed by atoms with E-state index in [1.165, 1.54) is 32.7 Å². The maximum Gasteiger partial charge on any atom is 0 e. The molecule has 0 saturated carbocycles. The Bertz CT molecular complexity index is 826. The minimum absolute atomic E-state index is 0. The van der Waals surface area contributed by atoms with Crippen LogP contribution in [0.5, 0.6) is 0 Å². The van der Waals surface area contributed by atoms with Crippen LogP contribution in [0.25, 0.3) is 21.5 Å². The van der Waals surface area contributed by atoms with Crippen LogP contribution >= 0.6 is 0 Å². The molecule has 0 amide bonds. The molecule has 0 heterocycles. The van der Waals surface area contributed by atoms with E-state index >= 15 is 0 Å². The standard InChI is InChI=1S/2C11H10.2C2H6.2Y/c2*1-9-5-4-7-10-6-2-3-8-11(9)10;2*1-2;;/h2*2-8H,1H3;2*1-2H3;;. The van der Waals surface area contributed by atoms with E-state index in [-0.39, 0.29) is 65.4 Å². The number of hydrogen-bond donors (Lipinski definition) is 0. The first-order chi connectivity index (χ1) is 12.8. The van der Waals surface area contributed by atoms with Crippen LogP contribution in [0.3, 0.4) is 0 Å². The van der Waals surface area contributed by atoms with Crippen LogP contribution in [0.4, 0.5) is 0 Å². The molecule has 0 aliphatic heterocycles. The summed E-state index contributed by atoms with van der Waals surface area (Å²) in [6.45, 7) is 12.3. The first-order valence-electron chi connectivity index (χ1n) is 9.64. The van der Waals surface area contributed by atoms with Crippen LogP contribution in [-0.4, -0.2) is 0 Å². The molecule has 2 radical (unpaired) electrons. The van der Waals surface area contributed by atoms with Gasteiger partial charge in [-0.25, -0.2) is 0 Å². The molecule has 2 heteroatoms. The predicted molar refractivity (Wildman–Crippen MR) is 120 cm³/mol. The van der Waals surface area contributed by atoms with Crippen LogP contribution in [-0.2, 0) is 65.4 Å². The number of rotatable bonds is 0. The SMILES string of the molecule is CC.CC.Cc1cccc2ccccc12.Cc1cccc2ccccc12.[Y].[Y]. The number of aryl methyl sites for hydroxylation is 2. The van der Waals surface area contributed by atoms with E-state index in [0.29, 0.717) is 0 Å². The molecular formula is C26H32Y2. The third-order valence-corrected chi connectivity index (χ3v) is 4.02. The van der Waals surface area contributed by atoms with Crippen molar-refractivity contribution in [1.29, 1.82) is 0 Å². The van der Waals surface area contributed by atoms with Crippen molar-refractivity contribution in [2.75, 3.05) is 0 Å². The van der Waals surface area contributed by atoms with Crippen LogP contribution in [0.1, 0.15) is 38.8 Å². The maximum atomic E-state index is 2.16. The average Bonchev–Trinajstić information content (AvgIpc) is 2.72. The first-order valence-corrected chi connectivity index (χ1v) is 9.64. The number of benzene rings is 4. The van der Waals surface area contributed by atoms with E-state index in [9.17, 15) is 0 Å². The molecule has 0 unspecified atom stereocenters. The van der Waals surface area contributed by atoms with Crippen molar-refractivity contribution in [2.24, 2.45) is 0 Å². The van der Waals surface area contributed by atoms with Gasteiger partial charge in [0.05, 0.1) is 0 Å². The van der Waals surface area contributed by atoms with Gasteiger partial charge in [-0.1, -0.05) is 113 Å². The van der Waals surface area contributed by atoms with Crippen molar-refractivity contribution in [1.82, 2.24) is 0 Å². The summed E-state index contributed by atoms with van der Waals surface area (Å²) in [7, 11) is 0. The van der Waals surface area contributed by atoms with E-state index in [0.717, 1.165) is 0 Å². The summed E-state index contributed by atoms with van der Waals surface area (Å²) in [6, 6.07) is 29.7. The van der Waals surface area contributed by atoms with Crippen molar-refractivity contribution >= 4 is 21.5 Å². The average molecular weight is 522 g/mol. The molecule has 0 aliphatic rings. The van der Waals surface area contributed by atoms with Gasteiger partial charge in [-0.15, -0.1) is 0 Å². The van der Waals surface area contributed by atoms with Crippen molar-refractivity contribution in [3.05, 3.63) is 96.1 Å². The Morgan fingerprint density at radius 3 is 1.00 bits per heavy atom. The van der Waals surface area contributed by atoms with Gasteiger partial charge in [0.2, 0.25) is 0 Å². The van der Waals surface area contributed by atoms with Gasteiger partial charge in [0.15, 0.2) is 0 Å². The van der Waals surface area contributed by atoms with Gasteiger partial charge in [0, 0.05) is 65.4 Å². The molecule has 0 N–H and O–H groups in total. The molecule has 0 spiro atoms. The van der Waals surface area contributed by atoms with Crippen LogP contribution in [0, 0.1) is 13.8 Å². The normalized spacial score (nSPS) is 8.50. The summed E-state index contributed by atoms with van der Waals surface area (Å²) in [5.41, 5.74) is 2.70. The van der Waals surface area contributed by atoms with Gasteiger partial charge >= 0.3 is 0 Å². The fourth-order valence-corrected chi connectivity index (χ4v) is 2.77. The van der Waals surface area contributed by atoms with E-state index < -0.39 is 0 Å². The Morgan fingerprint density at radius 2 is 0.679 bits per heavy atom. The molecule has 0 atom stereocenters. The van der Waals surface area contributed by atoms with Crippen molar-refractivity contribution in [2.45, 2.75) is 41.5 Å². The Morgan fingerprint density at radius 1 is 0.393 bits per heavy atom. The Balaban J connectivity index is 0. The van der Waals surface area contributed by atoms with Crippen molar-refractivity contribution in [3.8, 4) is 0 Å². The molecule has 0 fully saturated rings. The molecule has 28 heavy (non-hydrogen) atoms. The van der Waals surface area contributed by atoms with Crippen LogP contribution < -0.4 is 0 Å². The minimum atomic E-state index is 0.